The number of para-hydroxylation sites is 2. The number of hydrogen-bond acceptors (Lipinski definition) is 5. The molecule has 148 valence electrons. The Kier molecular flexibility index (Phi) is 6.16. The summed E-state index contributed by atoms with van der Waals surface area (Å²) in [5.41, 5.74) is 2.43. The number of carbonyl (C=O) groups excluding carboxylic acids is 1. The van der Waals surface area contributed by atoms with Gasteiger partial charge in [0.15, 0.2) is 6.61 Å². The van der Waals surface area contributed by atoms with E-state index in [1.165, 1.54) is 0 Å². The molecule has 1 aliphatic rings. The molecule has 0 aliphatic carbocycles. The van der Waals surface area contributed by atoms with Crippen LogP contribution < -0.4 is 14.8 Å². The Hall–Kier alpha value is -3.06. The van der Waals surface area contributed by atoms with Crippen molar-refractivity contribution in [2.45, 2.75) is 26.4 Å². The Morgan fingerprint density at radius 3 is 2.57 bits per heavy atom. The van der Waals surface area contributed by atoms with Gasteiger partial charge in [-0.05, 0) is 49.2 Å². The van der Waals surface area contributed by atoms with Crippen molar-refractivity contribution < 1.29 is 28.9 Å². The quantitative estimate of drug-likeness (QED) is 0.760. The van der Waals surface area contributed by atoms with Crippen LogP contribution in [0.5, 0.6) is 11.5 Å². The molecule has 1 atom stereocenters. The lowest BCUT2D eigenvalue weighted by molar-refractivity contribution is -0.139. The molecular formula is C21H23NO6. The van der Waals surface area contributed by atoms with Crippen molar-refractivity contribution in [1.29, 1.82) is 0 Å². The van der Waals surface area contributed by atoms with Gasteiger partial charge in [-0.15, -0.1) is 0 Å². The second-order valence-corrected chi connectivity index (χ2v) is 6.68. The molecule has 1 saturated heterocycles. The van der Waals surface area contributed by atoms with E-state index in [2.05, 4.69) is 5.32 Å². The van der Waals surface area contributed by atoms with Crippen molar-refractivity contribution in [2.75, 3.05) is 25.1 Å². The van der Waals surface area contributed by atoms with E-state index in [0.29, 0.717) is 47.1 Å². The zero-order valence-electron chi connectivity index (χ0n) is 15.9. The van der Waals surface area contributed by atoms with Crippen molar-refractivity contribution in [2.24, 2.45) is 0 Å². The van der Waals surface area contributed by atoms with E-state index in [0.717, 1.165) is 6.42 Å². The van der Waals surface area contributed by atoms with Gasteiger partial charge in [0.2, 0.25) is 0 Å². The predicted molar refractivity (Wildman–Crippen MR) is 103 cm³/mol. The van der Waals surface area contributed by atoms with Gasteiger partial charge in [-0.2, -0.15) is 0 Å². The largest absolute Gasteiger partial charge is 0.486 e. The van der Waals surface area contributed by atoms with E-state index < -0.39 is 12.6 Å². The summed E-state index contributed by atoms with van der Waals surface area (Å²) in [4.78, 5) is 23.5. The van der Waals surface area contributed by atoms with E-state index in [-0.39, 0.29) is 12.0 Å². The lowest BCUT2D eigenvalue weighted by atomic mass is 10.0. The minimum Gasteiger partial charge on any atom is -0.486 e. The number of carboxylic acids is 1. The van der Waals surface area contributed by atoms with E-state index in [9.17, 15) is 9.59 Å². The van der Waals surface area contributed by atoms with Crippen molar-refractivity contribution in [3.63, 3.8) is 0 Å². The SMILES string of the molecule is Cc1cc(C(=O)Nc2ccccc2OC2CCOC2)cc(C)c1OCC(=O)O. The fourth-order valence-electron chi connectivity index (χ4n) is 3.10. The molecule has 0 spiro atoms. The van der Waals surface area contributed by atoms with Crippen LogP contribution in [0.1, 0.15) is 27.9 Å². The monoisotopic (exact) mass is 385 g/mol. The second-order valence-electron chi connectivity index (χ2n) is 6.68. The summed E-state index contributed by atoms with van der Waals surface area (Å²) in [6, 6.07) is 10.6. The van der Waals surface area contributed by atoms with Gasteiger partial charge in [0.05, 0.1) is 18.9 Å². The minimum atomic E-state index is -1.05. The molecule has 7 heteroatoms. The first-order valence-electron chi connectivity index (χ1n) is 9.04. The van der Waals surface area contributed by atoms with Gasteiger partial charge in [0.1, 0.15) is 17.6 Å². The maximum absolute atomic E-state index is 12.8. The number of benzene rings is 2. The Morgan fingerprint density at radius 1 is 1.21 bits per heavy atom. The van der Waals surface area contributed by atoms with Crippen LogP contribution in [-0.4, -0.2) is 42.9 Å². The van der Waals surface area contributed by atoms with Gasteiger partial charge >= 0.3 is 5.97 Å². The lowest BCUT2D eigenvalue weighted by Gasteiger charge is -2.17. The minimum absolute atomic E-state index is 0.0202. The predicted octanol–water partition coefficient (Wildman–Crippen LogP) is 3.19. The van der Waals surface area contributed by atoms with Crippen molar-refractivity contribution in [3.8, 4) is 11.5 Å². The Bertz CT molecular complexity index is 850. The Balaban J connectivity index is 1.75. The number of rotatable bonds is 7. The average molecular weight is 385 g/mol. The highest BCUT2D eigenvalue weighted by Gasteiger charge is 2.20. The highest BCUT2D eigenvalue weighted by atomic mass is 16.5. The third kappa shape index (κ3) is 4.80. The highest BCUT2D eigenvalue weighted by Crippen LogP contribution is 2.29. The van der Waals surface area contributed by atoms with Gasteiger partial charge in [-0.3, -0.25) is 4.79 Å². The molecule has 2 N–H and O–H groups in total. The molecule has 1 unspecified atom stereocenters. The van der Waals surface area contributed by atoms with Crippen LogP contribution >= 0.6 is 0 Å². The highest BCUT2D eigenvalue weighted by molar-refractivity contribution is 6.05. The summed E-state index contributed by atoms with van der Waals surface area (Å²) in [6.07, 6.45) is 0.798. The first-order chi connectivity index (χ1) is 13.4. The summed E-state index contributed by atoms with van der Waals surface area (Å²) in [5.74, 6) is -0.260. The third-order valence-electron chi connectivity index (χ3n) is 4.38. The fourth-order valence-corrected chi connectivity index (χ4v) is 3.10. The molecule has 28 heavy (non-hydrogen) atoms. The normalized spacial score (nSPS) is 15.9. The van der Waals surface area contributed by atoms with Crippen LogP contribution in [0, 0.1) is 13.8 Å². The molecule has 2 aromatic carbocycles. The molecule has 1 heterocycles. The molecule has 1 aliphatic heterocycles. The number of ether oxygens (including phenoxy) is 3. The molecule has 0 radical (unpaired) electrons. The maximum atomic E-state index is 12.8. The molecule has 1 amide bonds. The number of hydrogen-bond donors (Lipinski definition) is 2. The number of anilines is 1. The lowest BCUT2D eigenvalue weighted by Crippen LogP contribution is -2.18. The Morgan fingerprint density at radius 2 is 1.93 bits per heavy atom. The third-order valence-corrected chi connectivity index (χ3v) is 4.38. The molecule has 7 nitrogen and oxygen atoms in total. The first kappa shape index (κ1) is 19.7. The smallest absolute Gasteiger partial charge is 0.341 e. The van der Waals surface area contributed by atoms with E-state index in [1.54, 1.807) is 32.0 Å². The van der Waals surface area contributed by atoms with Crippen LogP contribution in [0.15, 0.2) is 36.4 Å². The molecule has 0 bridgehead atoms. The van der Waals surface area contributed by atoms with Gasteiger partial charge in [-0.25, -0.2) is 4.79 Å². The van der Waals surface area contributed by atoms with Crippen molar-refractivity contribution in [1.82, 2.24) is 0 Å². The van der Waals surface area contributed by atoms with Crippen LogP contribution in [0.25, 0.3) is 0 Å². The van der Waals surface area contributed by atoms with Crippen molar-refractivity contribution >= 4 is 17.6 Å². The zero-order chi connectivity index (χ0) is 20.1. The molecular weight excluding hydrogens is 362 g/mol. The zero-order valence-corrected chi connectivity index (χ0v) is 15.9. The molecule has 0 aromatic heterocycles. The van der Waals surface area contributed by atoms with Crippen LogP contribution in [0.3, 0.4) is 0 Å². The summed E-state index contributed by atoms with van der Waals surface area (Å²) < 4.78 is 16.6. The Labute approximate surface area is 163 Å². The average Bonchev–Trinajstić information content (AvgIpc) is 3.15. The van der Waals surface area contributed by atoms with Crippen LogP contribution in [0.2, 0.25) is 0 Å². The summed E-state index contributed by atoms with van der Waals surface area (Å²) in [6.45, 7) is 4.34. The summed E-state index contributed by atoms with van der Waals surface area (Å²) in [7, 11) is 0. The van der Waals surface area contributed by atoms with E-state index in [4.69, 9.17) is 19.3 Å². The molecule has 2 aromatic rings. The fraction of sp³-hybridized carbons (Fsp3) is 0.333. The topological polar surface area (TPSA) is 94.1 Å². The first-order valence-corrected chi connectivity index (χ1v) is 9.04. The summed E-state index contributed by atoms with van der Waals surface area (Å²) >= 11 is 0. The number of carboxylic acid groups (broad SMARTS) is 1. The van der Waals surface area contributed by atoms with Gasteiger partial charge in [0.25, 0.3) is 5.91 Å². The van der Waals surface area contributed by atoms with Crippen LogP contribution in [0.4, 0.5) is 5.69 Å². The van der Waals surface area contributed by atoms with Gasteiger partial charge in [0, 0.05) is 12.0 Å². The van der Waals surface area contributed by atoms with Crippen LogP contribution in [-0.2, 0) is 9.53 Å². The number of nitrogens with one attached hydrogen (secondary N) is 1. The van der Waals surface area contributed by atoms with Crippen molar-refractivity contribution in [3.05, 3.63) is 53.1 Å². The second kappa shape index (κ2) is 8.75. The molecule has 3 rings (SSSR count). The van der Waals surface area contributed by atoms with Gasteiger partial charge < -0.3 is 24.6 Å². The number of amides is 1. The number of aliphatic carboxylic acids is 1. The number of aryl methyl sites for hydroxylation is 2. The van der Waals surface area contributed by atoms with Gasteiger partial charge in [-0.1, -0.05) is 12.1 Å². The van der Waals surface area contributed by atoms with E-state index in [1.807, 2.05) is 18.2 Å². The maximum Gasteiger partial charge on any atom is 0.341 e. The molecule has 0 saturated carbocycles. The number of carbonyl (C=O) groups is 2. The summed E-state index contributed by atoms with van der Waals surface area (Å²) in [5, 5.41) is 11.7. The van der Waals surface area contributed by atoms with E-state index >= 15 is 0 Å². The standard InChI is InChI=1S/C21H23NO6/c1-13-9-15(10-14(2)20(13)27-12-19(23)24)21(25)22-17-5-3-4-6-18(17)28-16-7-8-26-11-16/h3-6,9-10,16H,7-8,11-12H2,1-2H3,(H,22,25)(H,23,24). The molecule has 1 fully saturated rings.